The van der Waals surface area contributed by atoms with Crippen LogP contribution in [-0.4, -0.2) is 16.4 Å². The maximum Gasteiger partial charge on any atom is 0.251 e. The molecule has 2 amide bonds. The highest BCUT2D eigenvalue weighted by molar-refractivity contribution is 5.94. The summed E-state index contributed by atoms with van der Waals surface area (Å²) < 4.78 is 1.97. The summed E-state index contributed by atoms with van der Waals surface area (Å²) in [6.07, 6.45) is 3.69. The van der Waals surface area contributed by atoms with E-state index < -0.39 is 0 Å². The van der Waals surface area contributed by atoms with E-state index in [1.54, 1.807) is 36.4 Å². The molecule has 1 aromatic heterocycles. The first kappa shape index (κ1) is 18.0. The number of nitrogens with one attached hydrogen (secondary N) is 2. The van der Waals surface area contributed by atoms with Gasteiger partial charge in [0.15, 0.2) is 0 Å². The number of rotatable bonds is 6. The Morgan fingerprint density at radius 2 is 1.74 bits per heavy atom. The molecule has 0 saturated heterocycles. The van der Waals surface area contributed by atoms with E-state index in [1.807, 2.05) is 47.3 Å². The monoisotopic (exact) mass is 358 g/mol. The van der Waals surface area contributed by atoms with Crippen molar-refractivity contribution >= 4 is 17.5 Å². The molecule has 6 nitrogen and oxygen atoms in total. The Morgan fingerprint density at radius 1 is 1.00 bits per heavy atom. The summed E-state index contributed by atoms with van der Waals surface area (Å²) in [5.74, 6) is -0.533. The van der Waals surface area contributed by atoms with Gasteiger partial charge in [-0.05, 0) is 54.1 Å². The van der Waals surface area contributed by atoms with Crippen molar-refractivity contribution in [3.63, 3.8) is 0 Å². The summed E-state index contributed by atoms with van der Waals surface area (Å²) in [6, 6.07) is 20.2. The largest absolute Gasteiger partial charge is 0.348 e. The lowest BCUT2D eigenvalue weighted by molar-refractivity contribution is -0.115. The molecular formula is C21H18N4O2. The summed E-state index contributed by atoms with van der Waals surface area (Å²) in [5, 5.41) is 14.0. The molecule has 0 fully saturated rings. The molecule has 0 aliphatic rings. The number of aromatic nitrogens is 1. The van der Waals surface area contributed by atoms with Crippen LogP contribution in [0.2, 0.25) is 0 Å². The van der Waals surface area contributed by atoms with E-state index in [9.17, 15) is 9.59 Å². The Bertz CT molecular complexity index is 970. The van der Waals surface area contributed by atoms with Crippen LogP contribution in [0.3, 0.4) is 0 Å². The molecule has 0 atom stereocenters. The van der Waals surface area contributed by atoms with Gasteiger partial charge in [0, 0.05) is 35.9 Å². The minimum Gasteiger partial charge on any atom is -0.348 e. The fourth-order valence-corrected chi connectivity index (χ4v) is 2.61. The van der Waals surface area contributed by atoms with Crippen molar-refractivity contribution in [2.45, 2.75) is 13.0 Å². The highest BCUT2D eigenvalue weighted by atomic mass is 16.2. The minimum atomic E-state index is -0.360. The summed E-state index contributed by atoms with van der Waals surface area (Å²) in [6.45, 7) is 0.333. The van der Waals surface area contributed by atoms with Crippen molar-refractivity contribution in [1.82, 2.24) is 9.88 Å². The quantitative estimate of drug-likeness (QED) is 0.709. The normalized spacial score (nSPS) is 10.0. The van der Waals surface area contributed by atoms with Gasteiger partial charge in [-0.15, -0.1) is 0 Å². The number of hydrogen-bond donors (Lipinski definition) is 2. The molecule has 1 heterocycles. The van der Waals surface area contributed by atoms with Crippen molar-refractivity contribution < 1.29 is 9.59 Å². The van der Waals surface area contributed by atoms with E-state index in [2.05, 4.69) is 10.6 Å². The maximum atomic E-state index is 12.3. The molecule has 0 radical (unpaired) electrons. The van der Waals surface area contributed by atoms with Gasteiger partial charge in [-0.2, -0.15) is 5.26 Å². The summed E-state index contributed by atoms with van der Waals surface area (Å²) in [5.41, 5.74) is 3.00. The molecule has 3 aromatic rings. The van der Waals surface area contributed by atoms with Gasteiger partial charge in [0.1, 0.15) is 6.42 Å². The molecule has 0 unspecified atom stereocenters. The molecule has 2 aromatic carbocycles. The second-order valence-electron chi connectivity index (χ2n) is 5.90. The van der Waals surface area contributed by atoms with Gasteiger partial charge in [0.05, 0.1) is 6.07 Å². The average molecular weight is 358 g/mol. The van der Waals surface area contributed by atoms with Crippen molar-refractivity contribution in [2.24, 2.45) is 0 Å². The highest BCUT2D eigenvalue weighted by Crippen LogP contribution is 2.12. The third kappa shape index (κ3) is 4.83. The number of amides is 2. The zero-order valence-electron chi connectivity index (χ0n) is 14.6. The van der Waals surface area contributed by atoms with Crippen molar-refractivity contribution in [2.75, 3.05) is 5.32 Å². The van der Waals surface area contributed by atoms with Crippen LogP contribution >= 0.6 is 0 Å². The van der Waals surface area contributed by atoms with Crippen LogP contribution in [0.1, 0.15) is 22.3 Å². The van der Waals surface area contributed by atoms with Gasteiger partial charge >= 0.3 is 0 Å². The van der Waals surface area contributed by atoms with Crippen molar-refractivity contribution in [1.29, 1.82) is 5.26 Å². The van der Waals surface area contributed by atoms with E-state index in [4.69, 9.17) is 5.26 Å². The van der Waals surface area contributed by atoms with Crippen LogP contribution in [0.25, 0.3) is 5.69 Å². The van der Waals surface area contributed by atoms with E-state index in [-0.39, 0.29) is 18.2 Å². The molecule has 0 bridgehead atoms. The van der Waals surface area contributed by atoms with Crippen LogP contribution in [0.5, 0.6) is 0 Å². The summed E-state index contributed by atoms with van der Waals surface area (Å²) in [7, 11) is 0. The van der Waals surface area contributed by atoms with Gasteiger partial charge in [-0.25, -0.2) is 0 Å². The lowest BCUT2D eigenvalue weighted by Gasteiger charge is -2.09. The molecule has 0 saturated carbocycles. The number of benzene rings is 2. The second kappa shape index (κ2) is 8.50. The van der Waals surface area contributed by atoms with E-state index in [0.29, 0.717) is 17.8 Å². The lowest BCUT2D eigenvalue weighted by Crippen LogP contribution is -2.22. The van der Waals surface area contributed by atoms with Crippen LogP contribution < -0.4 is 10.6 Å². The molecular weight excluding hydrogens is 340 g/mol. The fraction of sp³-hybridized carbons (Fsp3) is 0.0952. The fourth-order valence-electron chi connectivity index (χ4n) is 2.61. The van der Waals surface area contributed by atoms with Crippen LogP contribution in [0.15, 0.2) is 73.1 Å². The molecule has 6 heteroatoms. The first-order chi connectivity index (χ1) is 13.2. The number of hydrogen-bond acceptors (Lipinski definition) is 3. The first-order valence-corrected chi connectivity index (χ1v) is 8.43. The van der Waals surface area contributed by atoms with Crippen molar-refractivity contribution in [3.8, 4) is 11.8 Å². The highest BCUT2D eigenvalue weighted by Gasteiger charge is 2.07. The van der Waals surface area contributed by atoms with Gasteiger partial charge in [0.25, 0.3) is 5.91 Å². The third-order valence-electron chi connectivity index (χ3n) is 3.94. The smallest absolute Gasteiger partial charge is 0.251 e. The summed E-state index contributed by atoms with van der Waals surface area (Å²) in [4.78, 5) is 23.8. The molecule has 134 valence electrons. The zero-order chi connectivity index (χ0) is 19.1. The van der Waals surface area contributed by atoms with Crippen molar-refractivity contribution in [3.05, 3.63) is 84.2 Å². The number of anilines is 1. The second-order valence-corrected chi connectivity index (χ2v) is 5.90. The maximum absolute atomic E-state index is 12.3. The third-order valence-corrected chi connectivity index (χ3v) is 3.94. The topological polar surface area (TPSA) is 86.9 Å². The molecule has 0 aliphatic carbocycles. The standard InChI is InChI=1S/C21H18N4O2/c22-11-10-20(26)24-18-5-3-4-16(14-18)15-23-21(27)17-6-8-19(9-7-17)25-12-1-2-13-25/h1-9,12-14H,10,15H2,(H,23,27)(H,24,26). The predicted octanol–water partition coefficient (Wildman–Crippen LogP) is 3.26. The number of carbonyl (C=O) groups excluding carboxylic acids is 2. The van der Waals surface area contributed by atoms with Crippen LogP contribution in [0, 0.1) is 11.3 Å². The van der Waals surface area contributed by atoms with Gasteiger partial charge < -0.3 is 15.2 Å². The van der Waals surface area contributed by atoms with Gasteiger partial charge in [-0.3, -0.25) is 9.59 Å². The molecule has 0 spiro atoms. The average Bonchev–Trinajstić information content (AvgIpc) is 3.21. The Balaban J connectivity index is 1.59. The molecule has 3 rings (SSSR count). The van der Waals surface area contributed by atoms with E-state index in [0.717, 1.165) is 11.3 Å². The molecule has 0 aliphatic heterocycles. The number of nitriles is 1. The minimum absolute atomic E-state index is 0.173. The lowest BCUT2D eigenvalue weighted by atomic mass is 10.1. The Hall–Kier alpha value is -3.85. The SMILES string of the molecule is N#CCC(=O)Nc1cccc(CNC(=O)c2ccc(-n3cccc3)cc2)c1. The van der Waals surface area contributed by atoms with E-state index >= 15 is 0 Å². The first-order valence-electron chi connectivity index (χ1n) is 8.43. The predicted molar refractivity (Wildman–Crippen MR) is 102 cm³/mol. The van der Waals surface area contributed by atoms with Gasteiger partial charge in [-0.1, -0.05) is 12.1 Å². The summed E-state index contributed by atoms with van der Waals surface area (Å²) >= 11 is 0. The van der Waals surface area contributed by atoms with Crippen LogP contribution in [0.4, 0.5) is 5.69 Å². The zero-order valence-corrected chi connectivity index (χ0v) is 14.6. The van der Waals surface area contributed by atoms with Gasteiger partial charge in [0.2, 0.25) is 5.91 Å². The van der Waals surface area contributed by atoms with Crippen LogP contribution in [-0.2, 0) is 11.3 Å². The Labute approximate surface area is 157 Å². The molecule has 27 heavy (non-hydrogen) atoms. The Morgan fingerprint density at radius 3 is 2.44 bits per heavy atom. The number of carbonyl (C=O) groups is 2. The van der Waals surface area contributed by atoms with E-state index in [1.165, 1.54) is 0 Å². The number of nitrogens with zero attached hydrogens (tertiary/aromatic N) is 2. The Kier molecular flexibility index (Phi) is 5.65. The molecule has 2 N–H and O–H groups in total.